The summed E-state index contributed by atoms with van der Waals surface area (Å²) in [5, 5.41) is 0. The summed E-state index contributed by atoms with van der Waals surface area (Å²) in [4.78, 5) is 37.9. The van der Waals surface area contributed by atoms with E-state index in [9.17, 15) is 9.59 Å². The standard InChI is InChI=1S/C29H36N6O2/c30-26-11-12-33(29(37)32-26)27-28(36)35(25-8-4-3-7-24(25)31-27)23-16-20-9-10-21(17-23)34(20)22-14-18-5-1-2-6-19(13-18)15-22/h3-4,7-8,11-12,18-23H,1-2,5-6,9-10,13-17H2,(H2,30,32,37)/t18-,19+,20-,21+,22-,23-. The Kier molecular flexibility index (Phi) is 5.68. The van der Waals surface area contributed by atoms with Crippen LogP contribution in [-0.4, -0.2) is 42.1 Å². The minimum atomic E-state index is -0.583. The summed E-state index contributed by atoms with van der Waals surface area (Å²) in [5.41, 5.74) is 6.44. The van der Waals surface area contributed by atoms with Crippen LogP contribution in [0.15, 0.2) is 46.1 Å². The van der Waals surface area contributed by atoms with Crippen LogP contribution in [0.5, 0.6) is 0 Å². The van der Waals surface area contributed by atoms with Crippen molar-refractivity contribution in [3.63, 3.8) is 0 Å². The molecule has 37 heavy (non-hydrogen) atoms. The Hall–Kier alpha value is -3.00. The lowest BCUT2D eigenvalue weighted by Crippen LogP contribution is -2.52. The van der Waals surface area contributed by atoms with Gasteiger partial charge < -0.3 is 10.3 Å². The molecule has 4 aliphatic rings. The van der Waals surface area contributed by atoms with Gasteiger partial charge in [-0.15, -0.1) is 0 Å². The van der Waals surface area contributed by atoms with Crippen LogP contribution >= 0.6 is 0 Å². The molecule has 2 aromatic heterocycles. The van der Waals surface area contributed by atoms with Crippen molar-refractivity contribution in [1.29, 1.82) is 0 Å². The fourth-order valence-corrected chi connectivity index (χ4v) is 8.34. The van der Waals surface area contributed by atoms with E-state index < -0.39 is 5.69 Å². The van der Waals surface area contributed by atoms with Crippen LogP contribution in [0.4, 0.5) is 5.82 Å². The summed E-state index contributed by atoms with van der Waals surface area (Å²) < 4.78 is 3.17. The van der Waals surface area contributed by atoms with Crippen molar-refractivity contribution in [1.82, 2.24) is 24.0 Å². The number of aromatic nitrogens is 4. The van der Waals surface area contributed by atoms with E-state index >= 15 is 0 Å². The van der Waals surface area contributed by atoms with E-state index in [0.717, 1.165) is 30.2 Å². The lowest BCUT2D eigenvalue weighted by Gasteiger charge is -2.48. The van der Waals surface area contributed by atoms with Gasteiger partial charge in [-0.25, -0.2) is 14.3 Å². The third-order valence-corrected chi connectivity index (χ3v) is 9.73. The molecule has 2 saturated carbocycles. The fourth-order valence-electron chi connectivity index (χ4n) is 8.34. The predicted molar refractivity (Wildman–Crippen MR) is 144 cm³/mol. The van der Waals surface area contributed by atoms with Crippen molar-refractivity contribution >= 4 is 16.9 Å². The highest BCUT2D eigenvalue weighted by molar-refractivity contribution is 5.75. The van der Waals surface area contributed by atoms with E-state index in [1.54, 1.807) is 0 Å². The zero-order valence-corrected chi connectivity index (χ0v) is 21.3. The molecule has 2 aliphatic carbocycles. The van der Waals surface area contributed by atoms with Gasteiger partial charge in [-0.3, -0.25) is 9.69 Å². The number of benzene rings is 1. The van der Waals surface area contributed by atoms with Crippen molar-refractivity contribution in [3.8, 4) is 5.82 Å². The van der Waals surface area contributed by atoms with E-state index in [4.69, 9.17) is 5.73 Å². The van der Waals surface area contributed by atoms with Crippen molar-refractivity contribution in [2.45, 2.75) is 94.8 Å². The van der Waals surface area contributed by atoms with Crippen LogP contribution in [0.3, 0.4) is 0 Å². The maximum absolute atomic E-state index is 14.0. The Morgan fingerprint density at radius 3 is 2.16 bits per heavy atom. The molecule has 8 heteroatoms. The summed E-state index contributed by atoms with van der Waals surface area (Å²) in [6, 6.07) is 11.2. The molecule has 2 aliphatic heterocycles. The first-order valence-electron chi connectivity index (χ1n) is 14.2. The van der Waals surface area contributed by atoms with Gasteiger partial charge in [0.15, 0.2) is 0 Å². The number of nitrogens with two attached hydrogens (primary N) is 1. The topological polar surface area (TPSA) is 99.0 Å². The zero-order valence-electron chi connectivity index (χ0n) is 21.3. The molecule has 1 aromatic carbocycles. The highest BCUT2D eigenvalue weighted by Crippen LogP contribution is 2.47. The van der Waals surface area contributed by atoms with Gasteiger partial charge in [-0.1, -0.05) is 37.8 Å². The summed E-state index contributed by atoms with van der Waals surface area (Å²) in [5.74, 6) is 2.05. The maximum atomic E-state index is 14.0. The summed E-state index contributed by atoms with van der Waals surface area (Å²) in [7, 11) is 0. The SMILES string of the molecule is Nc1ccn(-c2nc3ccccc3n([C@@H]3C[C@H]4CC[C@@H](C3)N4[C@@H]3C[C@@H]4CCCC[C@@H](C4)C3)c2=O)c(=O)n1. The molecule has 7 rings (SSSR count). The summed E-state index contributed by atoms with van der Waals surface area (Å²) in [6.45, 7) is 0. The Morgan fingerprint density at radius 2 is 1.46 bits per heavy atom. The summed E-state index contributed by atoms with van der Waals surface area (Å²) >= 11 is 0. The highest BCUT2D eigenvalue weighted by atomic mass is 16.2. The lowest BCUT2D eigenvalue weighted by molar-refractivity contribution is 0.0204. The third-order valence-electron chi connectivity index (χ3n) is 9.73. The van der Waals surface area contributed by atoms with Gasteiger partial charge in [0.25, 0.3) is 5.56 Å². The number of fused-ring (bicyclic) bond motifs is 5. The van der Waals surface area contributed by atoms with Crippen molar-refractivity contribution in [3.05, 3.63) is 57.4 Å². The number of rotatable bonds is 3. The number of para-hydroxylation sites is 2. The number of hydrogen-bond acceptors (Lipinski definition) is 6. The first kappa shape index (κ1) is 23.1. The molecular formula is C29H36N6O2. The van der Waals surface area contributed by atoms with Crippen molar-refractivity contribution in [2.24, 2.45) is 11.8 Å². The predicted octanol–water partition coefficient (Wildman–Crippen LogP) is 4.05. The largest absolute Gasteiger partial charge is 0.383 e. The van der Waals surface area contributed by atoms with E-state index in [0.29, 0.717) is 23.6 Å². The van der Waals surface area contributed by atoms with Crippen LogP contribution in [-0.2, 0) is 0 Å². The summed E-state index contributed by atoms with van der Waals surface area (Å²) in [6.07, 6.45) is 15.7. The molecule has 4 bridgehead atoms. The second-order valence-corrected chi connectivity index (χ2v) is 11.9. The molecule has 0 radical (unpaired) electrons. The van der Waals surface area contributed by atoms with Gasteiger partial charge in [0.1, 0.15) is 5.82 Å². The quantitative estimate of drug-likeness (QED) is 0.583. The average Bonchev–Trinajstić information content (AvgIpc) is 3.04. The molecule has 3 aromatic rings. The number of nitrogens with zero attached hydrogens (tertiary/aromatic N) is 5. The molecule has 2 N–H and O–H groups in total. The van der Waals surface area contributed by atoms with Crippen LogP contribution in [0.25, 0.3) is 16.9 Å². The monoisotopic (exact) mass is 500 g/mol. The van der Waals surface area contributed by atoms with Gasteiger partial charge in [-0.05, 0) is 75.0 Å². The number of hydrogen-bond donors (Lipinski definition) is 1. The number of anilines is 1. The fraction of sp³-hybridized carbons (Fsp3) is 0.586. The Labute approximate surface area is 216 Å². The molecule has 4 heterocycles. The van der Waals surface area contributed by atoms with Gasteiger partial charge in [-0.2, -0.15) is 4.98 Å². The average molecular weight is 501 g/mol. The van der Waals surface area contributed by atoms with Gasteiger partial charge in [0.2, 0.25) is 5.82 Å². The molecule has 194 valence electrons. The third kappa shape index (κ3) is 4.00. The molecule has 6 atom stereocenters. The lowest BCUT2D eigenvalue weighted by atomic mass is 9.76. The normalized spacial score (nSPS) is 31.9. The van der Waals surface area contributed by atoms with Gasteiger partial charge in [0, 0.05) is 30.4 Å². The molecule has 2 saturated heterocycles. The van der Waals surface area contributed by atoms with Crippen LogP contribution in [0, 0.1) is 11.8 Å². The molecule has 0 amide bonds. The van der Waals surface area contributed by atoms with Gasteiger partial charge >= 0.3 is 5.69 Å². The molecule has 4 fully saturated rings. The minimum absolute atomic E-state index is 0.0937. The Bertz CT molecular complexity index is 1420. The minimum Gasteiger partial charge on any atom is -0.383 e. The Morgan fingerprint density at radius 1 is 0.757 bits per heavy atom. The molecule has 0 spiro atoms. The highest BCUT2D eigenvalue weighted by Gasteiger charge is 2.47. The van der Waals surface area contributed by atoms with E-state index in [2.05, 4.69) is 14.9 Å². The van der Waals surface area contributed by atoms with E-state index in [1.165, 1.54) is 74.6 Å². The van der Waals surface area contributed by atoms with Crippen LogP contribution in [0.2, 0.25) is 0 Å². The number of nitrogen functional groups attached to an aromatic ring is 1. The molecular weight excluding hydrogens is 464 g/mol. The van der Waals surface area contributed by atoms with Crippen molar-refractivity contribution in [2.75, 3.05) is 5.73 Å². The second-order valence-electron chi connectivity index (χ2n) is 11.9. The van der Waals surface area contributed by atoms with E-state index in [1.807, 2.05) is 28.8 Å². The zero-order chi connectivity index (χ0) is 25.1. The van der Waals surface area contributed by atoms with Crippen LogP contribution < -0.4 is 17.0 Å². The second kappa shape index (κ2) is 9.08. The van der Waals surface area contributed by atoms with E-state index in [-0.39, 0.29) is 23.2 Å². The van der Waals surface area contributed by atoms with Crippen molar-refractivity contribution < 1.29 is 0 Å². The molecule has 0 unspecified atom stereocenters. The van der Waals surface area contributed by atoms with Gasteiger partial charge in [0.05, 0.1) is 11.0 Å². The number of piperidine rings is 1. The first-order chi connectivity index (χ1) is 18.0. The Balaban J connectivity index is 1.25. The first-order valence-corrected chi connectivity index (χ1v) is 14.2. The maximum Gasteiger partial charge on any atom is 0.355 e. The molecule has 8 nitrogen and oxygen atoms in total. The van der Waals surface area contributed by atoms with Crippen LogP contribution in [0.1, 0.15) is 76.7 Å². The smallest absolute Gasteiger partial charge is 0.355 e.